The van der Waals surface area contributed by atoms with Crippen LogP contribution in [0.1, 0.15) is 16.7 Å². The Labute approximate surface area is 122 Å². The maximum Gasteiger partial charge on any atom is 0.153 e. The van der Waals surface area contributed by atoms with Gasteiger partial charge in [0.2, 0.25) is 0 Å². The second-order valence-corrected chi connectivity index (χ2v) is 4.78. The van der Waals surface area contributed by atoms with E-state index in [0.29, 0.717) is 16.4 Å². The SMILES string of the molecule is Cc1ccc(/C(N)=N/N=C(/N)c2cccc(Cl)c2)cc1. The average molecular weight is 287 g/mol. The lowest BCUT2D eigenvalue weighted by Gasteiger charge is -2.01. The number of halogens is 1. The van der Waals surface area contributed by atoms with E-state index in [4.69, 9.17) is 23.1 Å². The van der Waals surface area contributed by atoms with E-state index in [1.54, 1.807) is 18.2 Å². The van der Waals surface area contributed by atoms with Crippen LogP contribution in [0, 0.1) is 6.92 Å². The third kappa shape index (κ3) is 3.59. The molecule has 4 N–H and O–H groups in total. The van der Waals surface area contributed by atoms with E-state index in [0.717, 1.165) is 11.1 Å². The smallest absolute Gasteiger partial charge is 0.153 e. The molecule has 0 radical (unpaired) electrons. The molecule has 0 unspecified atom stereocenters. The Bertz CT molecular complexity index is 660. The first-order valence-electron chi connectivity index (χ1n) is 6.06. The Hall–Kier alpha value is -2.33. The fourth-order valence-corrected chi connectivity index (χ4v) is 1.79. The van der Waals surface area contributed by atoms with Gasteiger partial charge in [-0.15, -0.1) is 10.2 Å². The fraction of sp³-hybridized carbons (Fsp3) is 0.0667. The van der Waals surface area contributed by atoms with Crippen molar-refractivity contribution < 1.29 is 0 Å². The highest BCUT2D eigenvalue weighted by Gasteiger charge is 2.00. The fourth-order valence-electron chi connectivity index (χ4n) is 1.60. The van der Waals surface area contributed by atoms with Gasteiger partial charge in [-0.2, -0.15) is 0 Å². The van der Waals surface area contributed by atoms with Crippen LogP contribution >= 0.6 is 11.6 Å². The molecule has 0 aliphatic heterocycles. The Morgan fingerprint density at radius 1 is 0.900 bits per heavy atom. The molecule has 5 heteroatoms. The monoisotopic (exact) mass is 286 g/mol. The molecule has 0 saturated heterocycles. The van der Waals surface area contributed by atoms with Crippen LogP contribution in [0.3, 0.4) is 0 Å². The summed E-state index contributed by atoms with van der Waals surface area (Å²) in [6.45, 7) is 2.01. The summed E-state index contributed by atoms with van der Waals surface area (Å²) in [6, 6.07) is 14.8. The predicted octanol–water partition coefficient (Wildman–Crippen LogP) is 2.67. The molecule has 2 aromatic rings. The normalized spacial score (nSPS) is 12.5. The molecule has 0 atom stereocenters. The summed E-state index contributed by atoms with van der Waals surface area (Å²) in [5.41, 5.74) is 14.4. The quantitative estimate of drug-likeness (QED) is 0.517. The first kappa shape index (κ1) is 14.1. The molecule has 0 amide bonds. The van der Waals surface area contributed by atoms with Gasteiger partial charge >= 0.3 is 0 Å². The van der Waals surface area contributed by atoms with Crippen LogP contribution in [0.4, 0.5) is 0 Å². The first-order valence-corrected chi connectivity index (χ1v) is 6.43. The van der Waals surface area contributed by atoms with Gasteiger partial charge in [0.25, 0.3) is 0 Å². The van der Waals surface area contributed by atoms with Crippen molar-refractivity contribution in [1.29, 1.82) is 0 Å². The zero-order valence-electron chi connectivity index (χ0n) is 11.0. The number of aryl methyl sites for hydroxylation is 1. The summed E-state index contributed by atoms with van der Waals surface area (Å²) in [6.07, 6.45) is 0. The van der Waals surface area contributed by atoms with Gasteiger partial charge in [0, 0.05) is 16.1 Å². The number of rotatable bonds is 3. The highest BCUT2D eigenvalue weighted by Crippen LogP contribution is 2.10. The van der Waals surface area contributed by atoms with Gasteiger partial charge in [0.15, 0.2) is 11.7 Å². The molecule has 102 valence electrons. The lowest BCUT2D eigenvalue weighted by molar-refractivity contribution is 1.20. The van der Waals surface area contributed by atoms with Crippen LogP contribution < -0.4 is 11.5 Å². The molecule has 4 nitrogen and oxygen atoms in total. The van der Waals surface area contributed by atoms with Crippen molar-refractivity contribution in [2.75, 3.05) is 0 Å². The van der Waals surface area contributed by atoms with Crippen molar-refractivity contribution in [2.24, 2.45) is 21.7 Å². The molecule has 20 heavy (non-hydrogen) atoms. The number of nitrogens with two attached hydrogens (primary N) is 2. The zero-order valence-corrected chi connectivity index (χ0v) is 11.8. The van der Waals surface area contributed by atoms with Crippen molar-refractivity contribution in [1.82, 2.24) is 0 Å². The van der Waals surface area contributed by atoms with Gasteiger partial charge in [-0.25, -0.2) is 0 Å². The Kier molecular flexibility index (Phi) is 4.38. The molecule has 2 rings (SSSR count). The van der Waals surface area contributed by atoms with Crippen LogP contribution in [0.5, 0.6) is 0 Å². The van der Waals surface area contributed by atoms with Crippen LogP contribution in [0.25, 0.3) is 0 Å². The Balaban J connectivity index is 2.22. The van der Waals surface area contributed by atoms with Crippen molar-refractivity contribution in [3.8, 4) is 0 Å². The first-order chi connectivity index (χ1) is 9.56. The molecule has 0 bridgehead atoms. The summed E-state index contributed by atoms with van der Waals surface area (Å²) in [4.78, 5) is 0. The number of hydrogen-bond donors (Lipinski definition) is 2. The van der Waals surface area contributed by atoms with E-state index in [1.807, 2.05) is 37.3 Å². The Morgan fingerprint density at radius 3 is 2.10 bits per heavy atom. The molecule has 2 aromatic carbocycles. The van der Waals surface area contributed by atoms with Crippen molar-refractivity contribution >= 4 is 23.3 Å². The van der Waals surface area contributed by atoms with E-state index in [1.165, 1.54) is 0 Å². The molecule has 0 fully saturated rings. The van der Waals surface area contributed by atoms with Gasteiger partial charge in [0.05, 0.1) is 0 Å². The molecule has 0 aliphatic carbocycles. The standard InChI is InChI=1S/C15H15ClN4/c1-10-5-7-11(8-6-10)14(17)19-20-15(18)12-3-2-4-13(16)9-12/h2-9H,1H3,(H2,17,19)(H2,18,20). The molecule has 0 saturated carbocycles. The molecular formula is C15H15ClN4. The second-order valence-electron chi connectivity index (χ2n) is 4.35. The molecule has 0 aromatic heterocycles. The maximum absolute atomic E-state index is 5.89. The number of hydrogen-bond acceptors (Lipinski definition) is 2. The predicted molar refractivity (Wildman–Crippen MR) is 84.1 cm³/mol. The second kappa shape index (κ2) is 6.21. The Morgan fingerprint density at radius 2 is 1.50 bits per heavy atom. The largest absolute Gasteiger partial charge is 0.382 e. The summed E-state index contributed by atoms with van der Waals surface area (Å²) in [7, 11) is 0. The topological polar surface area (TPSA) is 76.8 Å². The summed E-state index contributed by atoms with van der Waals surface area (Å²) < 4.78 is 0. The van der Waals surface area contributed by atoms with E-state index in [9.17, 15) is 0 Å². The zero-order chi connectivity index (χ0) is 14.5. The summed E-state index contributed by atoms with van der Waals surface area (Å²) >= 11 is 5.89. The molecule has 0 spiro atoms. The van der Waals surface area contributed by atoms with Gasteiger partial charge < -0.3 is 11.5 Å². The van der Waals surface area contributed by atoms with Crippen molar-refractivity contribution in [3.05, 3.63) is 70.2 Å². The third-order valence-corrected chi connectivity index (χ3v) is 2.97. The van der Waals surface area contributed by atoms with E-state index in [2.05, 4.69) is 10.2 Å². The number of benzene rings is 2. The van der Waals surface area contributed by atoms with E-state index >= 15 is 0 Å². The summed E-state index contributed by atoms with van der Waals surface area (Å²) in [5.74, 6) is 0.581. The van der Waals surface area contributed by atoms with Crippen LogP contribution in [0.15, 0.2) is 58.7 Å². The minimum absolute atomic E-state index is 0.266. The van der Waals surface area contributed by atoms with Gasteiger partial charge in [0.1, 0.15) is 0 Å². The van der Waals surface area contributed by atoms with E-state index in [-0.39, 0.29) is 5.84 Å². The minimum Gasteiger partial charge on any atom is -0.382 e. The van der Waals surface area contributed by atoms with Crippen molar-refractivity contribution in [2.45, 2.75) is 6.92 Å². The van der Waals surface area contributed by atoms with Gasteiger partial charge in [-0.1, -0.05) is 53.6 Å². The van der Waals surface area contributed by atoms with Crippen LogP contribution in [0.2, 0.25) is 5.02 Å². The van der Waals surface area contributed by atoms with Crippen LogP contribution in [-0.2, 0) is 0 Å². The highest BCUT2D eigenvalue weighted by atomic mass is 35.5. The number of amidine groups is 2. The lowest BCUT2D eigenvalue weighted by Crippen LogP contribution is -2.16. The minimum atomic E-state index is 0.266. The summed E-state index contributed by atoms with van der Waals surface area (Å²) in [5, 5.41) is 8.47. The van der Waals surface area contributed by atoms with Gasteiger partial charge in [-0.3, -0.25) is 0 Å². The van der Waals surface area contributed by atoms with Gasteiger partial charge in [-0.05, 0) is 19.1 Å². The highest BCUT2D eigenvalue weighted by molar-refractivity contribution is 6.31. The van der Waals surface area contributed by atoms with Crippen LogP contribution in [-0.4, -0.2) is 11.7 Å². The van der Waals surface area contributed by atoms with Crippen molar-refractivity contribution in [3.63, 3.8) is 0 Å². The third-order valence-electron chi connectivity index (χ3n) is 2.73. The average Bonchev–Trinajstić information content (AvgIpc) is 2.45. The lowest BCUT2D eigenvalue weighted by atomic mass is 10.1. The number of nitrogens with zero attached hydrogens (tertiary/aromatic N) is 2. The molecule has 0 aliphatic rings. The molecular weight excluding hydrogens is 272 g/mol. The van der Waals surface area contributed by atoms with E-state index < -0.39 is 0 Å². The molecule has 0 heterocycles. The maximum atomic E-state index is 5.89.